The maximum Gasteiger partial charge on any atom is 0.415 e. The van der Waals surface area contributed by atoms with Crippen molar-refractivity contribution in [3.05, 3.63) is 47.7 Å². The summed E-state index contributed by atoms with van der Waals surface area (Å²) < 4.78 is 32.5. The summed E-state index contributed by atoms with van der Waals surface area (Å²) in [5.74, 6) is -1.03. The minimum absolute atomic E-state index is 0.122. The van der Waals surface area contributed by atoms with Crippen molar-refractivity contribution in [3.8, 4) is 0 Å². The number of nitrogens with zero attached hydrogens (tertiary/aromatic N) is 3. The summed E-state index contributed by atoms with van der Waals surface area (Å²) in [5.41, 5.74) is 0.166. The van der Waals surface area contributed by atoms with E-state index in [-0.39, 0.29) is 23.5 Å². The number of amides is 1. The van der Waals surface area contributed by atoms with Gasteiger partial charge in [-0.3, -0.25) is 4.90 Å². The van der Waals surface area contributed by atoms with Gasteiger partial charge in [0.05, 0.1) is 12.1 Å². The Kier molecular flexibility index (Phi) is 5.01. The highest BCUT2D eigenvalue weighted by molar-refractivity contribution is 5.89. The summed E-state index contributed by atoms with van der Waals surface area (Å²) in [5, 5.41) is 2.94. The van der Waals surface area contributed by atoms with Crippen molar-refractivity contribution < 1.29 is 18.3 Å². The molecule has 0 spiro atoms. The largest absolute Gasteiger partial charge is 0.447 e. The highest BCUT2D eigenvalue weighted by Gasteiger charge is 2.37. The van der Waals surface area contributed by atoms with Gasteiger partial charge in [-0.05, 0) is 25.0 Å². The summed E-state index contributed by atoms with van der Waals surface area (Å²) in [4.78, 5) is 22.0. The molecular formula is C18H20F2N4O2. The summed E-state index contributed by atoms with van der Waals surface area (Å²) in [6, 6.07) is 4.92. The van der Waals surface area contributed by atoms with Crippen LogP contribution in [-0.4, -0.2) is 28.7 Å². The first-order chi connectivity index (χ1) is 12.4. The second kappa shape index (κ2) is 7.23. The normalized spacial score (nSPS) is 18.2. The molecule has 1 aromatic heterocycles. The Labute approximate surface area is 150 Å². The van der Waals surface area contributed by atoms with E-state index in [0.29, 0.717) is 12.4 Å². The van der Waals surface area contributed by atoms with Gasteiger partial charge in [-0.1, -0.05) is 26.0 Å². The molecule has 3 rings (SSSR count). The second-order valence-electron chi connectivity index (χ2n) is 6.51. The van der Waals surface area contributed by atoms with E-state index < -0.39 is 23.8 Å². The third-order valence-electron chi connectivity index (χ3n) is 4.36. The Bertz CT molecular complexity index is 816. The number of hydrogen-bond donors (Lipinski definition) is 1. The third kappa shape index (κ3) is 3.44. The van der Waals surface area contributed by atoms with E-state index in [1.54, 1.807) is 13.0 Å². The van der Waals surface area contributed by atoms with Crippen molar-refractivity contribution in [2.24, 2.45) is 5.92 Å². The number of carbonyl (C=O) groups is 1. The molecule has 8 heteroatoms. The predicted octanol–water partition coefficient (Wildman–Crippen LogP) is 3.91. The molecule has 138 valence electrons. The average molecular weight is 362 g/mol. The molecule has 2 atom stereocenters. The zero-order chi connectivity index (χ0) is 18.8. The Morgan fingerprint density at radius 2 is 2.04 bits per heavy atom. The van der Waals surface area contributed by atoms with Crippen LogP contribution in [0.2, 0.25) is 0 Å². The molecule has 1 aliphatic rings. The van der Waals surface area contributed by atoms with Gasteiger partial charge in [-0.2, -0.15) is 4.98 Å². The molecule has 0 aliphatic carbocycles. The van der Waals surface area contributed by atoms with Crippen LogP contribution >= 0.6 is 0 Å². The highest BCUT2D eigenvalue weighted by atomic mass is 19.2. The van der Waals surface area contributed by atoms with Gasteiger partial charge in [0.2, 0.25) is 5.95 Å². The molecule has 1 N–H and O–H groups in total. The molecule has 1 fully saturated rings. The first-order valence-corrected chi connectivity index (χ1v) is 8.38. The number of carbonyl (C=O) groups excluding carboxylic acids is 1. The SMILES string of the molecule is CC(C)C1COC(=O)N1c1ccnc(N[C@@H](C)c2cccc(F)c2F)n1. The lowest BCUT2D eigenvalue weighted by atomic mass is 10.0. The van der Waals surface area contributed by atoms with Gasteiger partial charge < -0.3 is 10.1 Å². The minimum Gasteiger partial charge on any atom is -0.447 e. The zero-order valence-corrected chi connectivity index (χ0v) is 14.7. The average Bonchev–Trinajstić information content (AvgIpc) is 2.99. The van der Waals surface area contributed by atoms with Crippen LogP contribution in [0, 0.1) is 17.6 Å². The van der Waals surface area contributed by atoms with Crippen LogP contribution in [0.1, 0.15) is 32.4 Å². The zero-order valence-electron chi connectivity index (χ0n) is 14.7. The number of cyclic esters (lactones) is 1. The van der Waals surface area contributed by atoms with Gasteiger partial charge in [0.1, 0.15) is 12.4 Å². The number of anilines is 2. The van der Waals surface area contributed by atoms with Gasteiger partial charge in [-0.25, -0.2) is 18.6 Å². The van der Waals surface area contributed by atoms with E-state index in [1.165, 1.54) is 23.2 Å². The molecule has 26 heavy (non-hydrogen) atoms. The molecule has 1 saturated heterocycles. The van der Waals surface area contributed by atoms with E-state index in [9.17, 15) is 13.6 Å². The molecule has 6 nitrogen and oxygen atoms in total. The maximum atomic E-state index is 13.9. The van der Waals surface area contributed by atoms with Crippen molar-refractivity contribution in [3.63, 3.8) is 0 Å². The molecular weight excluding hydrogens is 342 g/mol. The molecule has 0 saturated carbocycles. The summed E-state index contributed by atoms with van der Waals surface area (Å²) in [7, 11) is 0. The van der Waals surface area contributed by atoms with E-state index >= 15 is 0 Å². The van der Waals surface area contributed by atoms with Gasteiger partial charge in [-0.15, -0.1) is 0 Å². The number of rotatable bonds is 5. The van der Waals surface area contributed by atoms with Crippen LogP contribution in [0.15, 0.2) is 30.5 Å². The maximum absolute atomic E-state index is 13.9. The van der Waals surface area contributed by atoms with Crippen LogP contribution in [0.5, 0.6) is 0 Å². The quantitative estimate of drug-likeness (QED) is 0.873. The Morgan fingerprint density at radius 3 is 2.77 bits per heavy atom. The monoisotopic (exact) mass is 362 g/mol. The molecule has 1 aromatic carbocycles. The van der Waals surface area contributed by atoms with E-state index in [1.807, 2.05) is 13.8 Å². The lowest BCUT2D eigenvalue weighted by Gasteiger charge is -2.23. The van der Waals surface area contributed by atoms with Gasteiger partial charge >= 0.3 is 6.09 Å². The fourth-order valence-electron chi connectivity index (χ4n) is 2.87. The number of hydrogen-bond acceptors (Lipinski definition) is 5. The third-order valence-corrected chi connectivity index (χ3v) is 4.36. The Hall–Kier alpha value is -2.77. The van der Waals surface area contributed by atoms with E-state index in [0.717, 1.165) is 6.07 Å². The van der Waals surface area contributed by atoms with E-state index in [4.69, 9.17) is 4.74 Å². The molecule has 2 aromatic rings. The fourth-order valence-corrected chi connectivity index (χ4v) is 2.87. The van der Waals surface area contributed by atoms with Crippen LogP contribution in [0.25, 0.3) is 0 Å². The predicted molar refractivity (Wildman–Crippen MR) is 92.9 cm³/mol. The molecule has 1 aliphatic heterocycles. The summed E-state index contributed by atoms with van der Waals surface area (Å²) >= 11 is 0. The molecule has 1 unspecified atom stereocenters. The topological polar surface area (TPSA) is 67.3 Å². The van der Waals surface area contributed by atoms with Crippen LogP contribution in [-0.2, 0) is 4.74 Å². The summed E-state index contributed by atoms with van der Waals surface area (Å²) in [6.45, 7) is 5.96. The van der Waals surface area contributed by atoms with Crippen molar-refractivity contribution in [1.29, 1.82) is 0 Å². The van der Waals surface area contributed by atoms with Gasteiger partial charge in [0.25, 0.3) is 0 Å². The Morgan fingerprint density at radius 1 is 1.27 bits per heavy atom. The number of nitrogens with one attached hydrogen (secondary N) is 1. The van der Waals surface area contributed by atoms with Gasteiger partial charge in [0.15, 0.2) is 11.6 Å². The molecule has 0 bridgehead atoms. The minimum atomic E-state index is -0.912. The standard InChI is InChI=1S/C18H20F2N4O2/c1-10(2)14-9-26-18(25)24(14)15-7-8-21-17(23-15)22-11(3)12-5-4-6-13(19)16(12)20/h4-8,10-11,14H,9H2,1-3H3,(H,21,22,23)/t11-,14?/m0/s1. The van der Waals surface area contributed by atoms with Crippen molar-refractivity contribution >= 4 is 17.9 Å². The number of benzene rings is 1. The lowest BCUT2D eigenvalue weighted by Crippen LogP contribution is -2.37. The van der Waals surface area contributed by atoms with Crippen molar-refractivity contribution in [1.82, 2.24) is 9.97 Å². The lowest BCUT2D eigenvalue weighted by molar-refractivity contribution is 0.177. The first kappa shape index (κ1) is 18.0. The molecule has 0 radical (unpaired) electrons. The fraction of sp³-hybridized carbons (Fsp3) is 0.389. The first-order valence-electron chi connectivity index (χ1n) is 8.38. The number of ether oxygens (including phenoxy) is 1. The summed E-state index contributed by atoms with van der Waals surface area (Å²) in [6.07, 6.45) is 1.04. The number of halogens is 2. The van der Waals surface area contributed by atoms with Crippen molar-refractivity contribution in [2.75, 3.05) is 16.8 Å². The van der Waals surface area contributed by atoms with E-state index in [2.05, 4.69) is 15.3 Å². The Balaban J connectivity index is 1.83. The highest BCUT2D eigenvalue weighted by Crippen LogP contribution is 2.27. The van der Waals surface area contributed by atoms with Crippen LogP contribution < -0.4 is 10.2 Å². The number of aromatic nitrogens is 2. The smallest absolute Gasteiger partial charge is 0.415 e. The van der Waals surface area contributed by atoms with Gasteiger partial charge in [0, 0.05) is 11.8 Å². The van der Waals surface area contributed by atoms with Crippen LogP contribution in [0.4, 0.5) is 25.3 Å². The van der Waals surface area contributed by atoms with Crippen LogP contribution in [0.3, 0.4) is 0 Å². The second-order valence-corrected chi connectivity index (χ2v) is 6.51. The van der Waals surface area contributed by atoms with Crippen molar-refractivity contribution in [2.45, 2.75) is 32.9 Å². The molecule has 2 heterocycles. The molecule has 1 amide bonds.